The first kappa shape index (κ1) is 14.1. The lowest BCUT2D eigenvalue weighted by atomic mass is 9.83. The summed E-state index contributed by atoms with van der Waals surface area (Å²) in [6, 6.07) is 11.1. The summed E-state index contributed by atoms with van der Waals surface area (Å²) in [5.74, 6) is 0. The first-order valence-corrected chi connectivity index (χ1v) is 8.36. The molecule has 1 aliphatic heterocycles. The highest BCUT2D eigenvalue weighted by molar-refractivity contribution is 5.15. The van der Waals surface area contributed by atoms with Crippen molar-refractivity contribution in [1.29, 1.82) is 0 Å². The monoisotopic (exact) mass is 272 g/mol. The van der Waals surface area contributed by atoms with Gasteiger partial charge in [0.2, 0.25) is 0 Å². The summed E-state index contributed by atoms with van der Waals surface area (Å²) in [6.07, 6.45) is 10.4. The van der Waals surface area contributed by atoms with Crippen LogP contribution in [0.1, 0.15) is 50.5 Å². The van der Waals surface area contributed by atoms with Crippen molar-refractivity contribution in [2.75, 3.05) is 13.1 Å². The number of likely N-dealkylation sites (tertiary alicyclic amines) is 1. The molecule has 1 saturated carbocycles. The summed E-state index contributed by atoms with van der Waals surface area (Å²) in [4.78, 5) is 2.73. The van der Waals surface area contributed by atoms with E-state index in [9.17, 15) is 0 Å². The fourth-order valence-electron chi connectivity index (χ4n) is 4.31. The lowest BCUT2D eigenvalue weighted by Crippen LogP contribution is -2.57. The van der Waals surface area contributed by atoms with Crippen LogP contribution in [-0.2, 0) is 6.42 Å². The number of nitrogens with zero attached hydrogens (tertiary/aromatic N) is 1. The molecule has 2 nitrogen and oxygen atoms in total. The minimum absolute atomic E-state index is 0.325. The molecule has 1 saturated heterocycles. The van der Waals surface area contributed by atoms with E-state index in [0.29, 0.717) is 11.6 Å². The Kier molecular flexibility index (Phi) is 4.42. The van der Waals surface area contributed by atoms with Gasteiger partial charge in [-0.15, -0.1) is 0 Å². The van der Waals surface area contributed by atoms with Crippen LogP contribution in [0.2, 0.25) is 0 Å². The van der Waals surface area contributed by atoms with Gasteiger partial charge in [0, 0.05) is 11.6 Å². The van der Waals surface area contributed by atoms with Crippen LogP contribution >= 0.6 is 0 Å². The molecule has 0 amide bonds. The van der Waals surface area contributed by atoms with Crippen molar-refractivity contribution in [2.24, 2.45) is 5.73 Å². The molecule has 0 radical (unpaired) electrons. The van der Waals surface area contributed by atoms with Gasteiger partial charge in [-0.25, -0.2) is 0 Å². The highest BCUT2D eigenvalue weighted by Crippen LogP contribution is 2.40. The molecule has 2 N–H and O–H groups in total. The summed E-state index contributed by atoms with van der Waals surface area (Å²) < 4.78 is 0. The van der Waals surface area contributed by atoms with Gasteiger partial charge in [-0.3, -0.25) is 4.90 Å². The van der Waals surface area contributed by atoms with Crippen LogP contribution < -0.4 is 5.73 Å². The van der Waals surface area contributed by atoms with Gasteiger partial charge >= 0.3 is 0 Å². The van der Waals surface area contributed by atoms with Crippen molar-refractivity contribution in [1.82, 2.24) is 4.90 Å². The second-order valence-corrected chi connectivity index (χ2v) is 6.64. The van der Waals surface area contributed by atoms with Crippen LogP contribution in [0.5, 0.6) is 0 Å². The Morgan fingerprint density at radius 3 is 2.30 bits per heavy atom. The number of aryl methyl sites for hydroxylation is 1. The fraction of sp³-hybridized carbons (Fsp3) is 0.667. The highest BCUT2D eigenvalue weighted by atomic mass is 15.2. The molecule has 1 atom stereocenters. The zero-order valence-corrected chi connectivity index (χ0v) is 12.6. The van der Waals surface area contributed by atoms with Gasteiger partial charge in [-0.05, 0) is 57.2 Å². The van der Waals surface area contributed by atoms with Crippen LogP contribution in [0, 0.1) is 0 Å². The maximum Gasteiger partial charge on any atom is 0.0360 e. The van der Waals surface area contributed by atoms with Gasteiger partial charge in [-0.2, -0.15) is 0 Å². The minimum Gasteiger partial charge on any atom is -0.326 e. The normalized spacial score (nSPS) is 24.1. The quantitative estimate of drug-likeness (QED) is 0.890. The second kappa shape index (κ2) is 6.28. The molecule has 0 bridgehead atoms. The first-order chi connectivity index (χ1) is 9.81. The molecular weight excluding hydrogens is 244 g/mol. The van der Waals surface area contributed by atoms with E-state index in [-0.39, 0.29) is 0 Å². The van der Waals surface area contributed by atoms with Gasteiger partial charge in [-0.1, -0.05) is 43.2 Å². The van der Waals surface area contributed by atoms with Crippen molar-refractivity contribution in [3.05, 3.63) is 35.9 Å². The molecule has 1 heterocycles. The Balaban J connectivity index is 1.65. The van der Waals surface area contributed by atoms with Crippen molar-refractivity contribution < 1.29 is 0 Å². The lowest BCUT2D eigenvalue weighted by Gasteiger charge is -2.43. The topological polar surface area (TPSA) is 29.3 Å². The molecule has 2 heteroatoms. The number of rotatable bonds is 5. The van der Waals surface area contributed by atoms with Crippen LogP contribution in [0.15, 0.2) is 30.3 Å². The number of hydrogen-bond donors (Lipinski definition) is 1. The van der Waals surface area contributed by atoms with Gasteiger partial charge in [0.15, 0.2) is 0 Å². The number of benzene rings is 1. The summed E-state index contributed by atoms with van der Waals surface area (Å²) in [7, 11) is 0. The van der Waals surface area contributed by atoms with Gasteiger partial charge in [0.25, 0.3) is 0 Å². The Hall–Kier alpha value is -0.860. The largest absolute Gasteiger partial charge is 0.326 e. The molecule has 1 aromatic carbocycles. The standard InChI is InChI=1S/C18H28N2/c19-17(11-10-16-8-2-1-3-9-16)18(12-4-5-13-18)20-14-6-7-15-20/h1-3,8-9,17H,4-7,10-15,19H2. The molecule has 2 aliphatic rings. The smallest absolute Gasteiger partial charge is 0.0360 e. The Morgan fingerprint density at radius 1 is 1.00 bits per heavy atom. The molecule has 20 heavy (non-hydrogen) atoms. The average Bonchev–Trinajstić information content (AvgIpc) is 3.17. The Labute approximate surface area is 123 Å². The van der Waals surface area contributed by atoms with E-state index in [0.717, 1.165) is 12.8 Å². The third-order valence-electron chi connectivity index (χ3n) is 5.48. The molecular formula is C18H28N2. The average molecular weight is 272 g/mol. The van der Waals surface area contributed by atoms with Crippen LogP contribution in [0.25, 0.3) is 0 Å². The van der Waals surface area contributed by atoms with Crippen molar-refractivity contribution in [3.63, 3.8) is 0 Å². The summed E-state index contributed by atoms with van der Waals surface area (Å²) in [6.45, 7) is 2.55. The predicted molar refractivity (Wildman–Crippen MR) is 84.7 cm³/mol. The van der Waals surface area contributed by atoms with Gasteiger partial charge in [0.05, 0.1) is 0 Å². The van der Waals surface area contributed by atoms with E-state index in [1.807, 2.05) is 0 Å². The van der Waals surface area contributed by atoms with Crippen molar-refractivity contribution in [3.8, 4) is 0 Å². The molecule has 0 aromatic heterocycles. The summed E-state index contributed by atoms with van der Waals surface area (Å²) >= 11 is 0. The summed E-state index contributed by atoms with van der Waals surface area (Å²) in [5.41, 5.74) is 8.45. The van der Waals surface area contributed by atoms with Crippen LogP contribution in [-0.4, -0.2) is 29.6 Å². The van der Waals surface area contributed by atoms with Crippen molar-refractivity contribution >= 4 is 0 Å². The van der Waals surface area contributed by atoms with Crippen LogP contribution in [0.4, 0.5) is 0 Å². The molecule has 3 rings (SSSR count). The van der Waals surface area contributed by atoms with E-state index in [1.165, 1.54) is 57.2 Å². The lowest BCUT2D eigenvalue weighted by molar-refractivity contribution is 0.0889. The van der Waals surface area contributed by atoms with Gasteiger partial charge < -0.3 is 5.73 Å². The SMILES string of the molecule is NC(CCc1ccccc1)C1(N2CCCC2)CCCC1. The maximum absolute atomic E-state index is 6.70. The van der Waals surface area contributed by atoms with E-state index in [1.54, 1.807) is 0 Å². The van der Waals surface area contributed by atoms with E-state index in [4.69, 9.17) is 5.73 Å². The predicted octanol–water partition coefficient (Wildman–Crippen LogP) is 3.36. The number of hydrogen-bond acceptors (Lipinski definition) is 2. The highest BCUT2D eigenvalue weighted by Gasteiger charge is 2.44. The van der Waals surface area contributed by atoms with E-state index < -0.39 is 0 Å². The van der Waals surface area contributed by atoms with Crippen LogP contribution in [0.3, 0.4) is 0 Å². The Bertz CT molecular complexity index is 403. The third-order valence-corrected chi connectivity index (χ3v) is 5.48. The molecule has 1 unspecified atom stereocenters. The van der Waals surface area contributed by atoms with Crippen molar-refractivity contribution in [2.45, 2.75) is 62.9 Å². The number of nitrogens with two attached hydrogens (primary N) is 1. The molecule has 110 valence electrons. The zero-order valence-electron chi connectivity index (χ0n) is 12.6. The van der Waals surface area contributed by atoms with E-state index >= 15 is 0 Å². The molecule has 0 spiro atoms. The zero-order chi connectivity index (χ0) is 13.8. The Morgan fingerprint density at radius 2 is 1.65 bits per heavy atom. The second-order valence-electron chi connectivity index (χ2n) is 6.64. The minimum atomic E-state index is 0.325. The molecule has 2 fully saturated rings. The third kappa shape index (κ3) is 2.77. The van der Waals surface area contributed by atoms with Gasteiger partial charge in [0.1, 0.15) is 0 Å². The first-order valence-electron chi connectivity index (χ1n) is 8.36. The summed E-state index contributed by atoms with van der Waals surface area (Å²) in [5, 5.41) is 0. The molecule has 1 aromatic rings. The van der Waals surface area contributed by atoms with E-state index in [2.05, 4.69) is 35.2 Å². The fourth-order valence-corrected chi connectivity index (χ4v) is 4.31. The maximum atomic E-state index is 6.70. The molecule has 1 aliphatic carbocycles.